The molecule has 0 bridgehead atoms. The normalized spacial score (nSPS) is 21.3. The summed E-state index contributed by atoms with van der Waals surface area (Å²) < 4.78 is 0. The zero-order valence-electron chi connectivity index (χ0n) is 18.3. The van der Waals surface area contributed by atoms with Crippen LogP contribution in [0, 0.1) is 12.3 Å². The molecule has 2 saturated heterocycles. The van der Waals surface area contributed by atoms with E-state index >= 15 is 0 Å². The first-order valence-corrected chi connectivity index (χ1v) is 11.2. The molecule has 166 valence electrons. The number of nitrogens with zero attached hydrogens (tertiary/aromatic N) is 4. The second-order valence-electron chi connectivity index (χ2n) is 9.16. The number of benzene rings is 1. The maximum atomic E-state index is 12.2. The third kappa shape index (κ3) is 4.10. The second-order valence-corrected chi connectivity index (χ2v) is 9.16. The van der Waals surface area contributed by atoms with Crippen molar-refractivity contribution in [3.05, 3.63) is 74.7 Å². The van der Waals surface area contributed by atoms with Crippen molar-refractivity contribution in [2.24, 2.45) is 5.41 Å². The molecule has 8 nitrogen and oxygen atoms in total. The lowest BCUT2D eigenvalue weighted by molar-refractivity contribution is 0.0992. The highest BCUT2D eigenvalue weighted by molar-refractivity contribution is 5.64. The molecule has 1 spiro atoms. The minimum atomic E-state index is -0.530. The summed E-state index contributed by atoms with van der Waals surface area (Å²) in [5.74, 6) is 0. The summed E-state index contributed by atoms with van der Waals surface area (Å²) in [5, 5.41) is 8.53. The number of aromatic amines is 2. The van der Waals surface area contributed by atoms with E-state index in [2.05, 4.69) is 60.3 Å². The Morgan fingerprint density at radius 2 is 1.91 bits per heavy atom. The molecule has 2 N–H and O–H groups in total. The van der Waals surface area contributed by atoms with Crippen molar-refractivity contribution in [3.63, 3.8) is 0 Å². The molecule has 4 heterocycles. The molecule has 2 fully saturated rings. The van der Waals surface area contributed by atoms with Gasteiger partial charge in [-0.3, -0.25) is 14.7 Å². The van der Waals surface area contributed by atoms with Crippen LogP contribution in [0.3, 0.4) is 0 Å². The van der Waals surface area contributed by atoms with Gasteiger partial charge in [0.25, 0.3) is 5.56 Å². The van der Waals surface area contributed by atoms with E-state index in [0.717, 1.165) is 50.5 Å². The Labute approximate surface area is 186 Å². The van der Waals surface area contributed by atoms with E-state index in [0.29, 0.717) is 11.3 Å². The number of rotatable bonds is 4. The summed E-state index contributed by atoms with van der Waals surface area (Å²) in [4.78, 5) is 33.3. The summed E-state index contributed by atoms with van der Waals surface area (Å²) in [6.07, 6.45) is 5.00. The van der Waals surface area contributed by atoms with Gasteiger partial charge >= 0.3 is 5.69 Å². The van der Waals surface area contributed by atoms with E-state index in [1.165, 1.54) is 24.6 Å². The van der Waals surface area contributed by atoms with Crippen molar-refractivity contribution in [3.8, 4) is 11.3 Å². The third-order valence-corrected chi connectivity index (χ3v) is 6.82. The first-order chi connectivity index (χ1) is 15.5. The molecule has 0 saturated carbocycles. The van der Waals surface area contributed by atoms with Crippen LogP contribution in [-0.2, 0) is 6.54 Å². The van der Waals surface area contributed by atoms with Crippen molar-refractivity contribution in [1.82, 2.24) is 25.1 Å². The van der Waals surface area contributed by atoms with Gasteiger partial charge < -0.3 is 9.88 Å². The number of H-pyrrole nitrogens is 2. The molecular formula is C24H28N6O2. The molecule has 3 aromatic rings. The van der Waals surface area contributed by atoms with Crippen molar-refractivity contribution in [2.75, 3.05) is 31.1 Å². The lowest BCUT2D eigenvalue weighted by Crippen LogP contribution is -2.44. The lowest BCUT2D eigenvalue weighted by atomic mass is 9.79. The number of aromatic nitrogens is 4. The predicted molar refractivity (Wildman–Crippen MR) is 124 cm³/mol. The van der Waals surface area contributed by atoms with E-state index < -0.39 is 11.2 Å². The first kappa shape index (κ1) is 20.6. The van der Waals surface area contributed by atoms with Gasteiger partial charge in [-0.25, -0.2) is 4.79 Å². The molecule has 0 amide bonds. The monoisotopic (exact) mass is 432 g/mol. The molecule has 8 heteroatoms. The van der Waals surface area contributed by atoms with Gasteiger partial charge in [0.05, 0.1) is 16.9 Å². The fraction of sp³-hybridized carbons (Fsp3) is 0.417. The molecule has 2 aromatic heterocycles. The maximum absolute atomic E-state index is 12.2. The summed E-state index contributed by atoms with van der Waals surface area (Å²) >= 11 is 0. The average molecular weight is 433 g/mol. The second kappa shape index (κ2) is 8.35. The predicted octanol–water partition coefficient (Wildman–Crippen LogP) is 2.32. The summed E-state index contributed by atoms with van der Waals surface area (Å²) in [5.41, 5.74) is 3.30. The van der Waals surface area contributed by atoms with Gasteiger partial charge in [-0.2, -0.15) is 5.10 Å². The van der Waals surface area contributed by atoms with E-state index in [9.17, 15) is 9.59 Å². The minimum Gasteiger partial charge on any atom is -0.369 e. The number of anilines is 1. The van der Waals surface area contributed by atoms with Crippen LogP contribution in [0.15, 0.2) is 52.2 Å². The zero-order valence-corrected chi connectivity index (χ0v) is 18.3. The maximum Gasteiger partial charge on any atom is 0.325 e. The Morgan fingerprint density at radius 3 is 2.72 bits per heavy atom. The van der Waals surface area contributed by atoms with Gasteiger partial charge in [0.2, 0.25) is 0 Å². The number of piperidine rings is 1. The minimum absolute atomic E-state index is 0.276. The SMILES string of the molecule is Cc1nnc(-c2c[nH]c(=O)[nH]c2=O)cc1N1CCC2(CCCN(Cc3ccccc3)C2)C1. The molecule has 0 radical (unpaired) electrons. The largest absolute Gasteiger partial charge is 0.369 e. The zero-order chi connectivity index (χ0) is 22.1. The molecule has 5 rings (SSSR count). The topological polar surface area (TPSA) is 98.0 Å². The van der Waals surface area contributed by atoms with Crippen LogP contribution in [0.1, 0.15) is 30.5 Å². The molecule has 1 unspecified atom stereocenters. The number of nitrogens with one attached hydrogen (secondary N) is 2. The fourth-order valence-electron chi connectivity index (χ4n) is 5.26. The summed E-state index contributed by atoms with van der Waals surface area (Å²) in [6, 6.07) is 12.6. The fourth-order valence-corrected chi connectivity index (χ4v) is 5.26. The smallest absolute Gasteiger partial charge is 0.325 e. The molecule has 2 aliphatic heterocycles. The van der Waals surface area contributed by atoms with Crippen LogP contribution in [0.5, 0.6) is 0 Å². The Balaban J connectivity index is 1.36. The van der Waals surface area contributed by atoms with Crippen molar-refractivity contribution < 1.29 is 0 Å². The van der Waals surface area contributed by atoms with Gasteiger partial charge in [-0.05, 0) is 44.4 Å². The van der Waals surface area contributed by atoms with Crippen LogP contribution in [0.2, 0.25) is 0 Å². The van der Waals surface area contributed by atoms with Crippen LogP contribution in [0.4, 0.5) is 5.69 Å². The van der Waals surface area contributed by atoms with E-state index in [-0.39, 0.29) is 5.41 Å². The van der Waals surface area contributed by atoms with Gasteiger partial charge in [0.1, 0.15) is 5.69 Å². The number of likely N-dealkylation sites (tertiary alicyclic amines) is 1. The van der Waals surface area contributed by atoms with Gasteiger partial charge in [-0.15, -0.1) is 5.10 Å². The number of hydrogen-bond donors (Lipinski definition) is 2. The Morgan fingerprint density at radius 1 is 1.06 bits per heavy atom. The Bertz CT molecular complexity index is 1220. The number of aryl methyl sites for hydroxylation is 1. The van der Waals surface area contributed by atoms with Crippen molar-refractivity contribution >= 4 is 5.69 Å². The Hall–Kier alpha value is -3.26. The molecular weight excluding hydrogens is 404 g/mol. The highest BCUT2D eigenvalue weighted by atomic mass is 16.2. The third-order valence-electron chi connectivity index (χ3n) is 6.82. The molecule has 0 aliphatic carbocycles. The first-order valence-electron chi connectivity index (χ1n) is 11.2. The van der Waals surface area contributed by atoms with Crippen LogP contribution in [0.25, 0.3) is 11.3 Å². The van der Waals surface area contributed by atoms with Gasteiger partial charge in [0, 0.05) is 37.8 Å². The standard InChI is InChI=1S/C24H28N6O2/c1-17-21(12-20(28-27-17)19-13-25-23(32)26-22(19)31)30-11-9-24(16-30)8-5-10-29(15-24)14-18-6-3-2-4-7-18/h2-4,6-7,12-13H,5,8-11,14-16H2,1H3,(H2,25,26,31,32). The Kier molecular flexibility index (Phi) is 5.38. The molecule has 1 aromatic carbocycles. The van der Waals surface area contributed by atoms with Crippen LogP contribution >= 0.6 is 0 Å². The average Bonchev–Trinajstić information content (AvgIpc) is 3.18. The van der Waals surface area contributed by atoms with Gasteiger partial charge in [0.15, 0.2) is 0 Å². The van der Waals surface area contributed by atoms with Crippen molar-refractivity contribution in [1.29, 1.82) is 0 Å². The highest BCUT2D eigenvalue weighted by Crippen LogP contribution is 2.41. The molecule has 2 aliphatic rings. The summed E-state index contributed by atoms with van der Waals surface area (Å²) in [7, 11) is 0. The quantitative estimate of drug-likeness (QED) is 0.657. The lowest BCUT2D eigenvalue weighted by Gasteiger charge is -2.40. The molecule has 32 heavy (non-hydrogen) atoms. The van der Waals surface area contributed by atoms with E-state index in [1.54, 1.807) is 0 Å². The van der Waals surface area contributed by atoms with Crippen LogP contribution in [-0.4, -0.2) is 51.2 Å². The van der Waals surface area contributed by atoms with Crippen LogP contribution < -0.4 is 16.1 Å². The van der Waals surface area contributed by atoms with Crippen molar-refractivity contribution in [2.45, 2.75) is 32.7 Å². The molecule has 1 atom stereocenters. The highest BCUT2D eigenvalue weighted by Gasteiger charge is 2.41. The van der Waals surface area contributed by atoms with E-state index in [4.69, 9.17) is 0 Å². The van der Waals surface area contributed by atoms with E-state index in [1.807, 2.05) is 13.0 Å². The van der Waals surface area contributed by atoms with Gasteiger partial charge in [-0.1, -0.05) is 30.3 Å². The summed E-state index contributed by atoms with van der Waals surface area (Å²) in [6.45, 7) is 7.14. The number of hydrogen-bond acceptors (Lipinski definition) is 6.